The lowest BCUT2D eigenvalue weighted by Crippen LogP contribution is -2.49. The second kappa shape index (κ2) is 7.27. The lowest BCUT2D eigenvalue weighted by Gasteiger charge is -2.36. The van der Waals surface area contributed by atoms with Crippen LogP contribution in [0.3, 0.4) is 0 Å². The zero-order valence-electron chi connectivity index (χ0n) is 14.6. The van der Waals surface area contributed by atoms with Crippen molar-refractivity contribution < 1.29 is 22.7 Å². The third-order valence-electron chi connectivity index (χ3n) is 5.21. The van der Waals surface area contributed by atoms with E-state index in [1.807, 2.05) is 4.90 Å². The van der Waals surface area contributed by atoms with Gasteiger partial charge in [0, 0.05) is 38.6 Å². The summed E-state index contributed by atoms with van der Waals surface area (Å²) in [5.41, 5.74) is -1.33. The molecule has 1 amide bonds. The highest BCUT2D eigenvalue weighted by Crippen LogP contribution is 2.35. The summed E-state index contributed by atoms with van der Waals surface area (Å²) in [4.78, 5) is 18.2. The average molecular weight is 399 g/mol. The van der Waals surface area contributed by atoms with Crippen molar-refractivity contribution in [1.82, 2.24) is 10.3 Å². The number of piperidine rings is 1. The maximum atomic E-state index is 15.0. The number of amides is 1. The number of anilines is 1. The molecule has 2 aliphatic rings. The van der Waals surface area contributed by atoms with Gasteiger partial charge in [0.2, 0.25) is 5.91 Å². The molecule has 1 atom stereocenters. The predicted octanol–water partition coefficient (Wildman–Crippen LogP) is 3.04. The van der Waals surface area contributed by atoms with Crippen molar-refractivity contribution in [2.75, 3.05) is 37.7 Å². The Bertz CT molecular complexity index is 846. The molecule has 4 rings (SSSR count). The molecular formula is C18H20F3N3O2S. The Morgan fingerprint density at radius 3 is 2.85 bits per heavy atom. The smallest absolute Gasteiger partial charge is 0.225 e. The zero-order valence-corrected chi connectivity index (χ0v) is 15.5. The van der Waals surface area contributed by atoms with Crippen LogP contribution < -0.4 is 10.2 Å². The first-order valence-corrected chi connectivity index (χ1v) is 9.80. The van der Waals surface area contributed by atoms with Gasteiger partial charge in [-0.25, -0.2) is 18.2 Å². The van der Waals surface area contributed by atoms with Crippen molar-refractivity contribution in [3.63, 3.8) is 0 Å². The van der Waals surface area contributed by atoms with E-state index in [-0.39, 0.29) is 36.7 Å². The number of aromatic nitrogens is 1. The molecule has 2 aliphatic heterocycles. The topological polar surface area (TPSA) is 54.5 Å². The van der Waals surface area contributed by atoms with Gasteiger partial charge in [-0.2, -0.15) is 0 Å². The van der Waals surface area contributed by atoms with E-state index in [0.717, 1.165) is 6.07 Å². The Morgan fingerprint density at radius 1 is 1.37 bits per heavy atom. The molecule has 3 heterocycles. The van der Waals surface area contributed by atoms with Crippen molar-refractivity contribution in [2.24, 2.45) is 5.92 Å². The number of ether oxygens (including phenoxy) is 1. The van der Waals surface area contributed by atoms with Crippen LogP contribution in [-0.2, 0) is 9.53 Å². The number of carbonyl (C=O) groups is 1. The molecule has 146 valence electrons. The van der Waals surface area contributed by atoms with E-state index in [2.05, 4.69) is 10.3 Å². The fraction of sp³-hybridized carbons (Fsp3) is 0.556. The Morgan fingerprint density at radius 2 is 2.15 bits per heavy atom. The monoisotopic (exact) mass is 399 g/mol. The number of thiazole rings is 1. The van der Waals surface area contributed by atoms with Gasteiger partial charge in [-0.1, -0.05) is 11.3 Å². The van der Waals surface area contributed by atoms with Crippen LogP contribution in [0.4, 0.5) is 18.3 Å². The van der Waals surface area contributed by atoms with E-state index in [0.29, 0.717) is 42.6 Å². The van der Waals surface area contributed by atoms with E-state index in [9.17, 15) is 13.6 Å². The lowest BCUT2D eigenvalue weighted by molar-refractivity contribution is -0.125. The standard InChI is InChI=1S/C18H20F3N3O2S/c19-12-7-13(20)15-14(8-12)27-17(23-15)24-4-2-18(21,3-5-24)10-22-16(25)11-1-6-26-9-11/h7-8,11H,1-6,9-10H2,(H,22,25). The summed E-state index contributed by atoms with van der Waals surface area (Å²) in [6.45, 7) is 1.76. The van der Waals surface area contributed by atoms with Gasteiger partial charge in [0.15, 0.2) is 10.9 Å². The number of rotatable bonds is 4. The van der Waals surface area contributed by atoms with Gasteiger partial charge in [-0.05, 0) is 12.5 Å². The molecule has 0 aliphatic carbocycles. The molecule has 0 bridgehead atoms. The molecule has 2 saturated heterocycles. The Hall–Kier alpha value is -1.87. The number of nitrogens with one attached hydrogen (secondary N) is 1. The molecule has 1 N–H and O–H groups in total. The second-order valence-corrected chi connectivity index (χ2v) is 8.16. The quantitative estimate of drug-likeness (QED) is 0.859. The number of fused-ring (bicyclic) bond motifs is 1. The highest BCUT2D eigenvalue weighted by Gasteiger charge is 2.36. The number of halogens is 3. The molecular weight excluding hydrogens is 379 g/mol. The van der Waals surface area contributed by atoms with Gasteiger partial charge >= 0.3 is 0 Å². The van der Waals surface area contributed by atoms with E-state index in [4.69, 9.17) is 4.74 Å². The van der Waals surface area contributed by atoms with Crippen LogP contribution in [0.2, 0.25) is 0 Å². The lowest BCUT2D eigenvalue weighted by atomic mass is 9.93. The van der Waals surface area contributed by atoms with Crippen molar-refractivity contribution in [1.29, 1.82) is 0 Å². The van der Waals surface area contributed by atoms with Crippen LogP contribution in [0.1, 0.15) is 19.3 Å². The molecule has 0 spiro atoms. The van der Waals surface area contributed by atoms with Crippen LogP contribution in [0, 0.1) is 17.6 Å². The van der Waals surface area contributed by atoms with Crippen molar-refractivity contribution in [3.05, 3.63) is 23.8 Å². The van der Waals surface area contributed by atoms with Gasteiger partial charge < -0.3 is 15.0 Å². The number of hydrogen-bond donors (Lipinski definition) is 1. The SMILES string of the molecule is O=C(NCC1(F)CCN(c2nc3c(F)cc(F)cc3s2)CC1)C1CCOC1. The Balaban J connectivity index is 1.36. The third-order valence-corrected chi connectivity index (χ3v) is 6.28. The summed E-state index contributed by atoms with van der Waals surface area (Å²) in [6.07, 6.45) is 1.15. The van der Waals surface area contributed by atoms with Gasteiger partial charge in [0.25, 0.3) is 0 Å². The second-order valence-electron chi connectivity index (χ2n) is 7.15. The molecule has 2 aromatic rings. The minimum Gasteiger partial charge on any atom is -0.381 e. The summed E-state index contributed by atoms with van der Waals surface area (Å²) < 4.78 is 47.8. The normalized spacial score (nSPS) is 22.3. The number of hydrogen-bond acceptors (Lipinski definition) is 5. The van der Waals surface area contributed by atoms with Crippen molar-refractivity contribution in [3.8, 4) is 0 Å². The van der Waals surface area contributed by atoms with Crippen LogP contribution in [0.15, 0.2) is 12.1 Å². The van der Waals surface area contributed by atoms with E-state index in [1.54, 1.807) is 0 Å². The van der Waals surface area contributed by atoms with Crippen LogP contribution in [0.5, 0.6) is 0 Å². The molecule has 5 nitrogen and oxygen atoms in total. The van der Waals surface area contributed by atoms with Crippen molar-refractivity contribution >= 4 is 32.6 Å². The average Bonchev–Trinajstić information content (AvgIpc) is 3.30. The molecule has 1 aromatic heterocycles. The van der Waals surface area contributed by atoms with E-state index >= 15 is 4.39 Å². The minimum atomic E-state index is -1.47. The molecule has 27 heavy (non-hydrogen) atoms. The highest BCUT2D eigenvalue weighted by atomic mass is 32.1. The van der Waals surface area contributed by atoms with Gasteiger partial charge in [0.05, 0.1) is 23.8 Å². The summed E-state index contributed by atoms with van der Waals surface area (Å²) in [5, 5.41) is 3.27. The number of nitrogens with zero attached hydrogens (tertiary/aromatic N) is 2. The van der Waals surface area contributed by atoms with E-state index in [1.165, 1.54) is 17.4 Å². The number of carbonyl (C=O) groups excluding carboxylic acids is 1. The highest BCUT2D eigenvalue weighted by molar-refractivity contribution is 7.22. The van der Waals surface area contributed by atoms with E-state index < -0.39 is 17.3 Å². The van der Waals surface area contributed by atoms with Crippen LogP contribution in [-0.4, -0.2) is 49.4 Å². The first-order valence-electron chi connectivity index (χ1n) is 8.98. The fourth-order valence-electron chi connectivity index (χ4n) is 3.49. The predicted molar refractivity (Wildman–Crippen MR) is 96.8 cm³/mol. The Kier molecular flexibility index (Phi) is 4.98. The Labute approximate surface area is 158 Å². The summed E-state index contributed by atoms with van der Waals surface area (Å²) in [5.74, 6) is -1.68. The first kappa shape index (κ1) is 18.5. The van der Waals surface area contributed by atoms with Gasteiger partial charge in [-0.15, -0.1) is 0 Å². The largest absolute Gasteiger partial charge is 0.381 e. The molecule has 9 heteroatoms. The summed E-state index contributed by atoms with van der Waals surface area (Å²) in [7, 11) is 0. The summed E-state index contributed by atoms with van der Waals surface area (Å²) >= 11 is 1.20. The zero-order chi connectivity index (χ0) is 19.0. The number of alkyl halides is 1. The van der Waals surface area contributed by atoms with Crippen LogP contribution in [0.25, 0.3) is 10.2 Å². The third kappa shape index (κ3) is 3.89. The molecule has 0 radical (unpaired) electrons. The minimum absolute atomic E-state index is 0.0180. The van der Waals surface area contributed by atoms with Crippen molar-refractivity contribution in [2.45, 2.75) is 24.9 Å². The van der Waals surface area contributed by atoms with Crippen LogP contribution >= 0.6 is 11.3 Å². The van der Waals surface area contributed by atoms with Gasteiger partial charge in [-0.3, -0.25) is 4.79 Å². The first-order chi connectivity index (χ1) is 12.9. The summed E-state index contributed by atoms with van der Waals surface area (Å²) in [6, 6.07) is 2.07. The molecule has 1 unspecified atom stereocenters. The maximum absolute atomic E-state index is 15.0. The fourth-order valence-corrected chi connectivity index (χ4v) is 4.54. The molecule has 2 fully saturated rings. The molecule has 0 saturated carbocycles. The molecule has 1 aromatic carbocycles. The number of benzene rings is 1. The van der Waals surface area contributed by atoms with Gasteiger partial charge in [0.1, 0.15) is 17.0 Å². The maximum Gasteiger partial charge on any atom is 0.225 e.